The third kappa shape index (κ3) is 3.83. The second kappa shape index (κ2) is 6.98. The number of aromatic hydroxyl groups is 1. The van der Waals surface area contributed by atoms with E-state index in [9.17, 15) is 14.7 Å². The Labute approximate surface area is 153 Å². The number of benzene rings is 2. The molecule has 0 aliphatic carbocycles. The van der Waals surface area contributed by atoms with Crippen LogP contribution in [0.25, 0.3) is 0 Å². The minimum absolute atomic E-state index is 0.110. The van der Waals surface area contributed by atoms with Gasteiger partial charge in [-0.05, 0) is 42.0 Å². The number of halogens is 1. The molecule has 0 saturated carbocycles. The summed E-state index contributed by atoms with van der Waals surface area (Å²) in [5.74, 6) is -0.887. The van der Waals surface area contributed by atoms with Crippen molar-refractivity contribution < 1.29 is 14.7 Å². The minimum Gasteiger partial charge on any atom is -0.508 e. The lowest BCUT2D eigenvalue weighted by Gasteiger charge is -2.33. The van der Waals surface area contributed by atoms with Crippen molar-refractivity contribution in [3.63, 3.8) is 0 Å². The first kappa shape index (κ1) is 17.0. The fourth-order valence-corrected chi connectivity index (χ4v) is 2.97. The van der Waals surface area contributed by atoms with Gasteiger partial charge in [-0.3, -0.25) is 4.79 Å². The summed E-state index contributed by atoms with van der Waals surface area (Å²) in [7, 11) is 0. The molecule has 0 spiro atoms. The van der Waals surface area contributed by atoms with Crippen LogP contribution in [0.5, 0.6) is 5.75 Å². The molecule has 3 rings (SSSR count). The van der Waals surface area contributed by atoms with E-state index in [0.29, 0.717) is 16.9 Å². The van der Waals surface area contributed by atoms with Crippen LogP contribution in [0.1, 0.15) is 11.6 Å². The number of phenolic OH excluding ortho intramolecular Hbond substituents is 1. The predicted octanol–water partition coefficient (Wildman–Crippen LogP) is 3.28. The number of carbonyl (C=O) groups excluding carboxylic acids is 2. The molecular weight excluding hydrogens is 386 g/mol. The molecule has 0 aromatic heterocycles. The summed E-state index contributed by atoms with van der Waals surface area (Å²) in [6.45, 7) is 3.83. The number of carbonyl (C=O) groups is 2. The molecule has 1 aliphatic rings. The lowest BCUT2D eigenvalue weighted by atomic mass is 9.88. The smallest absolute Gasteiger partial charge is 0.319 e. The predicted molar refractivity (Wildman–Crippen MR) is 97.9 cm³/mol. The molecule has 1 heterocycles. The van der Waals surface area contributed by atoms with E-state index in [1.807, 2.05) is 12.1 Å². The summed E-state index contributed by atoms with van der Waals surface area (Å²) >= 11 is 3.35. The van der Waals surface area contributed by atoms with E-state index >= 15 is 0 Å². The molecule has 1 aliphatic heterocycles. The van der Waals surface area contributed by atoms with Gasteiger partial charge in [-0.25, -0.2) is 4.79 Å². The second-order valence-corrected chi connectivity index (χ2v) is 6.58. The molecule has 2 atom stereocenters. The van der Waals surface area contributed by atoms with Gasteiger partial charge in [0.05, 0.1) is 6.04 Å². The highest BCUT2D eigenvalue weighted by molar-refractivity contribution is 9.10. The highest BCUT2D eigenvalue weighted by atomic mass is 79.9. The van der Waals surface area contributed by atoms with Crippen LogP contribution in [0, 0.1) is 5.92 Å². The Bertz CT molecular complexity index is 818. The minimum atomic E-state index is -0.703. The van der Waals surface area contributed by atoms with Crippen molar-refractivity contribution in [2.45, 2.75) is 6.04 Å². The molecule has 2 aromatic rings. The van der Waals surface area contributed by atoms with Gasteiger partial charge in [0.15, 0.2) is 0 Å². The monoisotopic (exact) mass is 401 g/mol. The van der Waals surface area contributed by atoms with Crippen LogP contribution in [-0.4, -0.2) is 17.0 Å². The summed E-state index contributed by atoms with van der Waals surface area (Å²) in [6, 6.07) is 12.5. The highest BCUT2D eigenvalue weighted by Gasteiger charge is 2.37. The highest BCUT2D eigenvalue weighted by Crippen LogP contribution is 2.31. The quantitative estimate of drug-likeness (QED) is 0.635. The van der Waals surface area contributed by atoms with Gasteiger partial charge in [0.25, 0.3) is 0 Å². The number of anilines is 1. The Morgan fingerprint density at radius 1 is 1.12 bits per heavy atom. The average Bonchev–Trinajstić information content (AvgIpc) is 2.57. The number of hydrogen-bond donors (Lipinski definition) is 4. The Morgan fingerprint density at radius 2 is 1.76 bits per heavy atom. The van der Waals surface area contributed by atoms with Crippen molar-refractivity contribution in [3.8, 4) is 5.75 Å². The Hall–Kier alpha value is -2.80. The topological polar surface area (TPSA) is 90.5 Å². The van der Waals surface area contributed by atoms with Crippen molar-refractivity contribution in [3.05, 3.63) is 70.8 Å². The molecule has 0 bridgehead atoms. The van der Waals surface area contributed by atoms with Crippen molar-refractivity contribution in [2.24, 2.45) is 5.92 Å². The Morgan fingerprint density at radius 3 is 2.40 bits per heavy atom. The summed E-state index contributed by atoms with van der Waals surface area (Å²) in [6.07, 6.45) is 0. The zero-order valence-electron chi connectivity index (χ0n) is 13.1. The standard InChI is InChI=1S/C18H16BrN3O3/c1-10-15(17(24)21-13-6-4-12(19)5-7-13)16(22-18(25)20-10)11-2-8-14(23)9-3-11/h2-9,15-16,23H,1H2,(H,21,24)(H2,20,22,25)/t15-,16-/m0/s1. The van der Waals surface area contributed by atoms with Gasteiger partial charge in [0.1, 0.15) is 11.7 Å². The normalized spacial score (nSPS) is 19.7. The van der Waals surface area contributed by atoms with Gasteiger partial charge < -0.3 is 21.1 Å². The zero-order valence-corrected chi connectivity index (χ0v) is 14.7. The maximum Gasteiger partial charge on any atom is 0.319 e. The van der Waals surface area contributed by atoms with Crippen LogP contribution in [0.2, 0.25) is 0 Å². The Balaban J connectivity index is 1.87. The SMILES string of the molecule is C=C1NC(=O)N[C@@H](c2ccc(O)cc2)[C@H]1C(=O)Nc1ccc(Br)cc1. The molecule has 128 valence electrons. The first-order chi connectivity index (χ1) is 11.9. The van der Waals surface area contributed by atoms with Gasteiger partial charge in [-0.1, -0.05) is 34.6 Å². The number of rotatable bonds is 3. The number of phenols is 1. The molecule has 6 nitrogen and oxygen atoms in total. The van der Waals surface area contributed by atoms with Crippen LogP contribution in [0.3, 0.4) is 0 Å². The van der Waals surface area contributed by atoms with E-state index in [1.165, 1.54) is 12.1 Å². The van der Waals surface area contributed by atoms with Gasteiger partial charge in [0, 0.05) is 15.9 Å². The molecule has 2 aromatic carbocycles. The van der Waals surface area contributed by atoms with E-state index in [2.05, 4.69) is 38.5 Å². The van der Waals surface area contributed by atoms with Gasteiger partial charge in [-0.15, -0.1) is 0 Å². The molecular formula is C18H16BrN3O3. The first-order valence-electron chi connectivity index (χ1n) is 7.56. The van der Waals surface area contributed by atoms with E-state index < -0.39 is 18.0 Å². The van der Waals surface area contributed by atoms with Crippen LogP contribution in [0.4, 0.5) is 10.5 Å². The molecule has 0 radical (unpaired) electrons. The second-order valence-electron chi connectivity index (χ2n) is 5.67. The molecule has 3 amide bonds. The summed E-state index contributed by atoms with van der Waals surface area (Å²) in [4.78, 5) is 24.6. The van der Waals surface area contributed by atoms with E-state index in [0.717, 1.165) is 4.47 Å². The first-order valence-corrected chi connectivity index (χ1v) is 8.35. The molecule has 25 heavy (non-hydrogen) atoms. The number of nitrogens with one attached hydrogen (secondary N) is 3. The molecule has 0 unspecified atom stereocenters. The lowest BCUT2D eigenvalue weighted by molar-refractivity contribution is -0.119. The maximum absolute atomic E-state index is 12.8. The van der Waals surface area contributed by atoms with Crippen molar-refractivity contribution in [1.82, 2.24) is 10.6 Å². The fourth-order valence-electron chi connectivity index (χ4n) is 2.71. The molecule has 1 saturated heterocycles. The molecule has 7 heteroatoms. The Kier molecular flexibility index (Phi) is 4.76. The third-order valence-corrected chi connectivity index (χ3v) is 4.44. The van der Waals surface area contributed by atoms with Gasteiger partial charge in [0.2, 0.25) is 5.91 Å². The summed E-state index contributed by atoms with van der Waals surface area (Å²) in [5, 5.41) is 17.6. The maximum atomic E-state index is 12.8. The van der Waals surface area contributed by atoms with Gasteiger partial charge in [-0.2, -0.15) is 0 Å². The van der Waals surface area contributed by atoms with E-state index in [-0.39, 0.29) is 11.7 Å². The van der Waals surface area contributed by atoms with Crippen LogP contribution < -0.4 is 16.0 Å². The zero-order chi connectivity index (χ0) is 18.0. The number of amides is 3. The van der Waals surface area contributed by atoms with Crippen molar-refractivity contribution in [2.75, 3.05) is 5.32 Å². The van der Waals surface area contributed by atoms with Crippen LogP contribution in [-0.2, 0) is 4.79 Å². The number of hydrogen-bond acceptors (Lipinski definition) is 3. The third-order valence-electron chi connectivity index (χ3n) is 3.92. The van der Waals surface area contributed by atoms with Crippen LogP contribution in [0.15, 0.2) is 65.3 Å². The number of urea groups is 1. The van der Waals surface area contributed by atoms with Crippen molar-refractivity contribution >= 4 is 33.6 Å². The largest absolute Gasteiger partial charge is 0.508 e. The van der Waals surface area contributed by atoms with Crippen LogP contribution >= 0.6 is 15.9 Å². The molecule has 4 N–H and O–H groups in total. The fraction of sp³-hybridized carbons (Fsp3) is 0.111. The average molecular weight is 402 g/mol. The summed E-state index contributed by atoms with van der Waals surface area (Å²) in [5.41, 5.74) is 1.66. The summed E-state index contributed by atoms with van der Waals surface area (Å²) < 4.78 is 0.906. The van der Waals surface area contributed by atoms with Gasteiger partial charge >= 0.3 is 6.03 Å². The van der Waals surface area contributed by atoms with Crippen molar-refractivity contribution in [1.29, 1.82) is 0 Å². The lowest BCUT2D eigenvalue weighted by Crippen LogP contribution is -2.51. The van der Waals surface area contributed by atoms with E-state index in [1.54, 1.807) is 24.3 Å². The van der Waals surface area contributed by atoms with E-state index in [4.69, 9.17) is 0 Å². The molecule has 1 fully saturated rings.